The van der Waals surface area contributed by atoms with Crippen molar-refractivity contribution in [2.75, 3.05) is 6.61 Å². The van der Waals surface area contributed by atoms with E-state index >= 15 is 0 Å². The van der Waals surface area contributed by atoms with E-state index in [4.69, 9.17) is 21.1 Å². The second-order valence-electron chi connectivity index (χ2n) is 8.96. The van der Waals surface area contributed by atoms with E-state index in [1.165, 1.54) is 12.1 Å². The van der Waals surface area contributed by atoms with Gasteiger partial charge in [0, 0.05) is 5.02 Å². The Morgan fingerprint density at radius 2 is 1.79 bits per heavy atom. The van der Waals surface area contributed by atoms with Crippen LogP contribution < -0.4 is 0 Å². The highest BCUT2D eigenvalue weighted by molar-refractivity contribution is 6.83. The number of carbonyl (C=O) groups excluding carboxylic acids is 1. The average molecular weight is 425 g/mol. The van der Waals surface area contributed by atoms with E-state index in [1.54, 1.807) is 26.0 Å². The van der Waals surface area contributed by atoms with Crippen LogP contribution in [0.1, 0.15) is 24.2 Å². The molecule has 4 atom stereocenters. The van der Waals surface area contributed by atoms with Gasteiger partial charge in [-0.1, -0.05) is 51.0 Å². The van der Waals surface area contributed by atoms with Crippen molar-refractivity contribution in [3.05, 3.63) is 34.9 Å². The Balaban J connectivity index is 1.85. The van der Waals surface area contributed by atoms with Crippen molar-refractivity contribution >= 4 is 25.6 Å². The minimum absolute atomic E-state index is 0.280. The van der Waals surface area contributed by atoms with Crippen LogP contribution in [0.15, 0.2) is 24.3 Å². The Bertz CT molecular complexity index is 867. The first-order valence-electron chi connectivity index (χ1n) is 9.01. The molecule has 0 amide bonds. The van der Waals surface area contributed by atoms with Gasteiger partial charge in [-0.25, -0.2) is 4.79 Å². The highest BCUT2D eigenvalue weighted by Gasteiger charge is 2.97. The third-order valence-electron chi connectivity index (χ3n) is 5.58. The number of fused-ring (bicyclic) bond motifs is 1. The van der Waals surface area contributed by atoms with Crippen molar-refractivity contribution in [3.63, 3.8) is 0 Å². The highest BCUT2D eigenvalue weighted by Crippen LogP contribution is 2.74. The molecule has 6 nitrogen and oxygen atoms in total. The molecular formula is C20H25ClO6Si. The number of hydrogen-bond donors (Lipinski definition) is 3. The zero-order chi connectivity index (χ0) is 21.2. The van der Waals surface area contributed by atoms with Crippen LogP contribution in [0.5, 0.6) is 0 Å². The fourth-order valence-electron chi connectivity index (χ4n) is 3.71. The largest absolute Gasteiger partial charge is 0.459 e. The molecule has 0 bridgehead atoms. The molecule has 0 spiro atoms. The van der Waals surface area contributed by atoms with Crippen LogP contribution in [0.3, 0.4) is 0 Å². The lowest BCUT2D eigenvalue weighted by atomic mass is 9.85. The fraction of sp³-hybridized carbons (Fsp3) is 0.550. The fourth-order valence-corrected chi connectivity index (χ4v) is 4.40. The van der Waals surface area contributed by atoms with Gasteiger partial charge >= 0.3 is 5.97 Å². The maximum atomic E-state index is 12.3. The molecular weight excluding hydrogens is 400 g/mol. The van der Waals surface area contributed by atoms with Gasteiger partial charge in [0.05, 0.1) is 11.0 Å². The molecule has 1 aliphatic carbocycles. The minimum Gasteiger partial charge on any atom is -0.459 e. The molecule has 0 unspecified atom stereocenters. The lowest BCUT2D eigenvalue weighted by Gasteiger charge is -2.33. The Kier molecular flexibility index (Phi) is 4.79. The summed E-state index contributed by atoms with van der Waals surface area (Å²) in [5.74, 6) is 0.144. The van der Waals surface area contributed by atoms with E-state index in [1.807, 2.05) is 19.6 Å². The van der Waals surface area contributed by atoms with Crippen LogP contribution in [0.25, 0.3) is 0 Å². The third-order valence-corrected chi connectivity index (χ3v) is 6.71. The topological polar surface area (TPSA) is 96.2 Å². The molecule has 152 valence electrons. The van der Waals surface area contributed by atoms with Crippen LogP contribution in [0.2, 0.25) is 24.7 Å². The summed E-state index contributed by atoms with van der Waals surface area (Å²) in [6.07, 6.45) is -1.20. The maximum Gasteiger partial charge on any atom is 0.338 e. The molecule has 8 heteroatoms. The molecule has 2 aliphatic rings. The molecule has 1 saturated heterocycles. The van der Waals surface area contributed by atoms with E-state index < -0.39 is 42.6 Å². The van der Waals surface area contributed by atoms with Crippen LogP contribution >= 0.6 is 11.6 Å². The van der Waals surface area contributed by atoms with Crippen LogP contribution in [0.4, 0.5) is 0 Å². The summed E-state index contributed by atoms with van der Waals surface area (Å²) in [5.41, 5.74) is -1.88. The number of hydrogen-bond acceptors (Lipinski definition) is 6. The lowest BCUT2D eigenvalue weighted by Crippen LogP contribution is -2.54. The summed E-state index contributed by atoms with van der Waals surface area (Å²) >= 11 is 5.81. The predicted molar refractivity (Wildman–Crippen MR) is 106 cm³/mol. The SMILES string of the molecule is CC1(C)[C@@]2(O)[C@@](O)(C#C[Si](C)(C)C)[C@@H](COC(=O)c3ccc(Cl)cc3)O[C@@]12O. The van der Waals surface area contributed by atoms with Gasteiger partial charge in [0.2, 0.25) is 5.79 Å². The second kappa shape index (κ2) is 6.30. The van der Waals surface area contributed by atoms with Crippen molar-refractivity contribution < 1.29 is 29.6 Å². The molecule has 3 N–H and O–H groups in total. The highest BCUT2D eigenvalue weighted by atomic mass is 35.5. The van der Waals surface area contributed by atoms with Gasteiger partial charge in [-0.3, -0.25) is 0 Å². The Hall–Kier alpha value is -1.40. The van der Waals surface area contributed by atoms with Gasteiger partial charge < -0.3 is 24.8 Å². The number of benzene rings is 1. The van der Waals surface area contributed by atoms with E-state index in [9.17, 15) is 20.1 Å². The number of ether oxygens (including phenoxy) is 2. The van der Waals surface area contributed by atoms with Gasteiger partial charge in [-0.05, 0) is 24.3 Å². The number of esters is 1. The minimum atomic E-state index is -2.08. The summed E-state index contributed by atoms with van der Waals surface area (Å²) in [5, 5.41) is 33.6. The van der Waals surface area contributed by atoms with Crippen molar-refractivity contribution in [3.8, 4) is 11.5 Å². The van der Waals surface area contributed by atoms with Gasteiger partial charge in [0.15, 0.2) is 11.2 Å². The molecule has 2 fully saturated rings. The van der Waals surface area contributed by atoms with Crippen molar-refractivity contribution in [1.29, 1.82) is 0 Å². The van der Waals surface area contributed by atoms with Crippen LogP contribution in [-0.4, -0.2) is 59.1 Å². The molecule has 1 heterocycles. The van der Waals surface area contributed by atoms with Gasteiger partial charge in [-0.2, -0.15) is 0 Å². The summed E-state index contributed by atoms with van der Waals surface area (Å²) in [4.78, 5) is 12.3. The monoisotopic (exact) mass is 424 g/mol. The number of carbonyl (C=O) groups is 1. The average Bonchev–Trinajstić information content (AvgIpc) is 2.84. The van der Waals surface area contributed by atoms with Gasteiger partial charge in [0.25, 0.3) is 0 Å². The first kappa shape index (κ1) is 21.3. The second-order valence-corrected chi connectivity index (χ2v) is 14.1. The molecule has 1 aromatic carbocycles. The van der Waals surface area contributed by atoms with Crippen molar-refractivity contribution in [2.45, 2.75) is 56.6 Å². The maximum absolute atomic E-state index is 12.3. The molecule has 1 aromatic rings. The smallest absolute Gasteiger partial charge is 0.338 e. The Morgan fingerprint density at radius 3 is 2.32 bits per heavy atom. The first-order chi connectivity index (χ1) is 12.7. The van der Waals surface area contributed by atoms with E-state index in [0.717, 1.165) is 0 Å². The van der Waals surface area contributed by atoms with Crippen molar-refractivity contribution in [2.24, 2.45) is 5.41 Å². The Morgan fingerprint density at radius 1 is 1.21 bits per heavy atom. The number of rotatable bonds is 3. The summed E-state index contributed by atoms with van der Waals surface area (Å²) in [7, 11) is -1.91. The summed E-state index contributed by atoms with van der Waals surface area (Å²) in [6.45, 7) is 8.77. The molecule has 1 saturated carbocycles. The zero-order valence-corrected chi connectivity index (χ0v) is 18.3. The number of halogens is 1. The zero-order valence-electron chi connectivity index (χ0n) is 16.5. The normalized spacial score (nSPS) is 35.5. The van der Waals surface area contributed by atoms with Crippen LogP contribution in [-0.2, 0) is 9.47 Å². The third kappa shape index (κ3) is 2.83. The lowest BCUT2D eigenvalue weighted by molar-refractivity contribution is -0.185. The van der Waals surface area contributed by atoms with Gasteiger partial charge in [-0.15, -0.1) is 5.54 Å². The standard InChI is InChI=1S/C20H25ClO6Si/c1-17(2)19(24)18(23,10-11-28(3,4)5)15(27-20(17,19)25)12-26-16(22)13-6-8-14(21)9-7-13/h6-9,15,23-25H,12H2,1-5H3/t15-,18-,19-,20+/m1/s1. The molecule has 3 rings (SSSR count). The summed E-state index contributed by atoms with van der Waals surface area (Å²) < 4.78 is 10.9. The summed E-state index contributed by atoms with van der Waals surface area (Å²) in [6, 6.07) is 6.14. The molecule has 28 heavy (non-hydrogen) atoms. The van der Waals surface area contributed by atoms with Crippen LogP contribution in [0, 0.1) is 16.9 Å². The molecule has 0 radical (unpaired) electrons. The van der Waals surface area contributed by atoms with Gasteiger partial charge in [0.1, 0.15) is 20.8 Å². The van der Waals surface area contributed by atoms with E-state index in [-0.39, 0.29) is 12.2 Å². The first-order valence-corrected chi connectivity index (χ1v) is 12.9. The predicted octanol–water partition coefficient (Wildman–Crippen LogP) is 1.97. The van der Waals surface area contributed by atoms with E-state index in [2.05, 4.69) is 11.5 Å². The van der Waals surface area contributed by atoms with Crippen molar-refractivity contribution in [1.82, 2.24) is 0 Å². The molecule has 0 aromatic heterocycles. The Labute approximate surface area is 170 Å². The van der Waals surface area contributed by atoms with E-state index in [0.29, 0.717) is 5.02 Å². The quantitative estimate of drug-likeness (QED) is 0.390. The number of aliphatic hydroxyl groups is 3. The molecule has 1 aliphatic heterocycles.